The Hall–Kier alpha value is -0.240. The lowest BCUT2D eigenvalue weighted by atomic mass is 10.1. The third kappa shape index (κ3) is 3.99. The minimum absolute atomic E-state index is 0.237. The molecular formula is C10H16IN2O8P. The molecule has 0 saturated carbocycles. The number of phosphoric ester groups is 1. The molecule has 0 bridgehead atoms. The van der Waals surface area contributed by atoms with Gasteiger partial charge in [0.25, 0.3) is 0 Å². The van der Waals surface area contributed by atoms with Crippen molar-refractivity contribution in [1.29, 1.82) is 0 Å². The van der Waals surface area contributed by atoms with Gasteiger partial charge in [0.15, 0.2) is 12.5 Å². The Kier molecular flexibility index (Phi) is 5.52. The summed E-state index contributed by atoms with van der Waals surface area (Å²) in [6.07, 6.45) is -4.38. The van der Waals surface area contributed by atoms with Crippen LogP contribution in [0.15, 0.2) is 22.2 Å². The fourth-order valence-electron chi connectivity index (χ4n) is 2.08. The quantitative estimate of drug-likeness (QED) is 0.221. The monoisotopic (exact) mass is 450 g/mol. The second kappa shape index (κ2) is 6.71. The average molecular weight is 450 g/mol. The van der Waals surface area contributed by atoms with Crippen molar-refractivity contribution >= 4 is 30.4 Å². The first kappa shape index (κ1) is 18.1. The molecule has 2 aliphatic rings. The van der Waals surface area contributed by atoms with Crippen LogP contribution in [0.5, 0.6) is 0 Å². The predicted octanol–water partition coefficient (Wildman–Crippen LogP) is -1.49. The van der Waals surface area contributed by atoms with Gasteiger partial charge in [-0.3, -0.25) is 4.52 Å². The molecule has 0 aromatic rings. The zero-order valence-electron chi connectivity index (χ0n) is 11.1. The summed E-state index contributed by atoms with van der Waals surface area (Å²) in [5.74, 6) is 0.237. The Morgan fingerprint density at radius 2 is 2.05 bits per heavy atom. The van der Waals surface area contributed by atoms with Crippen LogP contribution in [0.3, 0.4) is 0 Å². The van der Waals surface area contributed by atoms with Gasteiger partial charge in [-0.25, -0.2) is 4.57 Å². The van der Waals surface area contributed by atoms with Crippen molar-refractivity contribution in [2.24, 2.45) is 0 Å². The van der Waals surface area contributed by atoms with E-state index in [0.717, 1.165) is 0 Å². The number of nitrogens with zero attached hydrogens (tertiary/aromatic N) is 1. The lowest BCUT2D eigenvalue weighted by Crippen LogP contribution is -2.48. The number of hydrogen-bond donors (Lipinski definition) is 6. The van der Waals surface area contributed by atoms with Gasteiger partial charge in [-0.2, -0.15) is 0 Å². The van der Waals surface area contributed by atoms with E-state index >= 15 is 0 Å². The van der Waals surface area contributed by atoms with Crippen LogP contribution >= 0.6 is 30.4 Å². The van der Waals surface area contributed by atoms with E-state index in [9.17, 15) is 19.9 Å². The largest absolute Gasteiger partial charge is 0.469 e. The van der Waals surface area contributed by atoms with Crippen molar-refractivity contribution in [3.8, 4) is 0 Å². The lowest BCUT2D eigenvalue weighted by molar-refractivity contribution is -0.0738. The van der Waals surface area contributed by atoms with E-state index in [4.69, 9.17) is 14.5 Å². The maximum absolute atomic E-state index is 10.7. The van der Waals surface area contributed by atoms with Gasteiger partial charge in [0, 0.05) is 6.20 Å². The van der Waals surface area contributed by atoms with Gasteiger partial charge >= 0.3 is 7.82 Å². The molecule has 6 N–H and O–H groups in total. The van der Waals surface area contributed by atoms with Gasteiger partial charge in [-0.15, -0.1) is 0 Å². The molecule has 2 rings (SSSR count). The maximum Gasteiger partial charge on any atom is 0.469 e. The third-order valence-corrected chi connectivity index (χ3v) is 4.51. The lowest BCUT2D eigenvalue weighted by Gasteiger charge is -2.36. The number of hydrogen-bond acceptors (Lipinski definition) is 8. The van der Waals surface area contributed by atoms with Gasteiger partial charge in [-0.05, 0) is 22.6 Å². The van der Waals surface area contributed by atoms with Gasteiger partial charge < -0.3 is 40.1 Å². The van der Waals surface area contributed by atoms with Crippen molar-refractivity contribution in [3.05, 3.63) is 22.2 Å². The molecule has 0 radical (unpaired) electrons. The molecule has 5 atom stereocenters. The Balaban J connectivity index is 2.10. The van der Waals surface area contributed by atoms with E-state index < -0.39 is 45.2 Å². The van der Waals surface area contributed by atoms with Crippen molar-refractivity contribution in [2.75, 3.05) is 6.61 Å². The summed E-state index contributed by atoms with van der Waals surface area (Å²) in [7, 11) is -4.71. The van der Waals surface area contributed by atoms with Gasteiger partial charge in [-0.1, -0.05) is 6.58 Å². The number of phosphoric acid groups is 1. The SMILES string of the molecule is C=C1NC(O)C(I)=CN1[C@@H]1O[C@H](COP(=O)(O)O)[C@@H](O)[C@H]1O. The molecule has 22 heavy (non-hydrogen) atoms. The molecule has 0 spiro atoms. The zero-order valence-corrected chi connectivity index (χ0v) is 14.2. The highest BCUT2D eigenvalue weighted by Gasteiger charge is 2.47. The number of aliphatic hydroxyl groups is 3. The first-order chi connectivity index (χ1) is 10.1. The first-order valence-electron chi connectivity index (χ1n) is 6.11. The van der Waals surface area contributed by atoms with Crippen LogP contribution in [0.25, 0.3) is 0 Å². The fraction of sp³-hybridized carbons (Fsp3) is 0.600. The molecule has 0 aromatic carbocycles. The molecule has 0 amide bonds. The summed E-state index contributed by atoms with van der Waals surface area (Å²) in [5, 5.41) is 32.2. The zero-order chi connectivity index (χ0) is 16.7. The van der Waals surface area contributed by atoms with Gasteiger partial charge in [0.05, 0.1) is 10.2 Å². The topological polar surface area (TPSA) is 152 Å². The van der Waals surface area contributed by atoms with Crippen LogP contribution in [0.4, 0.5) is 0 Å². The molecule has 1 unspecified atom stereocenters. The van der Waals surface area contributed by atoms with E-state index in [1.165, 1.54) is 11.1 Å². The highest BCUT2D eigenvalue weighted by molar-refractivity contribution is 14.1. The molecule has 126 valence electrons. The molecule has 10 nitrogen and oxygen atoms in total. The van der Waals surface area contributed by atoms with Crippen LogP contribution in [-0.2, 0) is 13.8 Å². The molecular weight excluding hydrogens is 434 g/mol. The van der Waals surface area contributed by atoms with E-state index in [-0.39, 0.29) is 5.82 Å². The van der Waals surface area contributed by atoms with Crippen molar-refractivity contribution < 1.29 is 38.9 Å². The van der Waals surface area contributed by atoms with Crippen LogP contribution in [0, 0.1) is 0 Å². The van der Waals surface area contributed by atoms with E-state index in [0.29, 0.717) is 3.58 Å². The Morgan fingerprint density at radius 1 is 1.41 bits per heavy atom. The Morgan fingerprint density at radius 3 is 2.64 bits per heavy atom. The first-order valence-corrected chi connectivity index (χ1v) is 8.72. The predicted molar refractivity (Wildman–Crippen MR) is 80.9 cm³/mol. The van der Waals surface area contributed by atoms with E-state index in [1.807, 2.05) is 22.6 Å². The summed E-state index contributed by atoms with van der Waals surface area (Å²) >= 11 is 1.88. The smallest absolute Gasteiger partial charge is 0.387 e. The molecule has 0 aromatic heterocycles. The number of rotatable bonds is 4. The Labute approximate surface area is 139 Å². The van der Waals surface area contributed by atoms with E-state index in [2.05, 4.69) is 16.4 Å². The molecule has 2 aliphatic heterocycles. The van der Waals surface area contributed by atoms with Gasteiger partial charge in [0.1, 0.15) is 24.1 Å². The Bertz CT molecular complexity index is 525. The number of nitrogens with one attached hydrogen (secondary N) is 1. The second-order valence-corrected chi connectivity index (χ2v) is 7.23. The van der Waals surface area contributed by atoms with Crippen LogP contribution < -0.4 is 5.32 Å². The molecule has 1 fully saturated rings. The normalized spacial score (nSPS) is 36.3. The summed E-state index contributed by atoms with van der Waals surface area (Å²) in [6, 6.07) is 0. The molecule has 1 saturated heterocycles. The van der Waals surface area contributed by atoms with Crippen LogP contribution in [0.2, 0.25) is 0 Å². The summed E-state index contributed by atoms with van der Waals surface area (Å²) in [4.78, 5) is 18.7. The minimum atomic E-state index is -4.71. The van der Waals surface area contributed by atoms with Crippen LogP contribution in [-0.4, -0.2) is 67.4 Å². The van der Waals surface area contributed by atoms with Crippen molar-refractivity contribution in [1.82, 2.24) is 10.2 Å². The summed E-state index contributed by atoms with van der Waals surface area (Å²) in [5.41, 5.74) is 0. The molecule has 12 heteroatoms. The third-order valence-electron chi connectivity index (χ3n) is 3.16. The highest BCUT2D eigenvalue weighted by Crippen LogP contribution is 2.38. The average Bonchev–Trinajstić information content (AvgIpc) is 2.68. The van der Waals surface area contributed by atoms with Crippen LogP contribution in [0.1, 0.15) is 0 Å². The van der Waals surface area contributed by atoms with Gasteiger partial charge in [0.2, 0.25) is 0 Å². The summed E-state index contributed by atoms with van der Waals surface area (Å²) < 4.78 is 20.9. The van der Waals surface area contributed by atoms with Crippen molar-refractivity contribution in [3.63, 3.8) is 0 Å². The number of halogens is 1. The molecule has 2 heterocycles. The summed E-state index contributed by atoms with van der Waals surface area (Å²) in [6.45, 7) is 3.09. The van der Waals surface area contributed by atoms with E-state index in [1.54, 1.807) is 0 Å². The number of aliphatic hydroxyl groups excluding tert-OH is 3. The minimum Gasteiger partial charge on any atom is -0.387 e. The standard InChI is InChI=1S/C10H16IN2O8P/c1-4-12-9(16)5(11)2-13(4)10-8(15)7(14)6(21-10)3-20-22(17,18)19/h2,6-10,12,14-16H,1,3H2,(H2,17,18,19)/t6-,7-,8-,9?,10-/m1/s1. The fourth-order valence-corrected chi connectivity index (χ4v) is 2.87. The second-order valence-electron chi connectivity index (χ2n) is 4.75. The highest BCUT2D eigenvalue weighted by atomic mass is 127. The number of ether oxygens (including phenoxy) is 1. The van der Waals surface area contributed by atoms with Crippen molar-refractivity contribution in [2.45, 2.75) is 30.8 Å². The maximum atomic E-state index is 10.7. The molecule has 0 aliphatic carbocycles.